The van der Waals surface area contributed by atoms with E-state index in [-0.39, 0.29) is 24.9 Å². The molecule has 1 aromatic heterocycles. The summed E-state index contributed by atoms with van der Waals surface area (Å²) in [4.78, 5) is 31.9. The number of hydrogen-bond acceptors (Lipinski definition) is 6. The number of pyridine rings is 1. The third-order valence-electron chi connectivity index (χ3n) is 5.11. The average Bonchev–Trinajstić information content (AvgIpc) is 2.69. The minimum Gasteiger partial charge on any atom is -0.382 e. The molecule has 168 valence electrons. The summed E-state index contributed by atoms with van der Waals surface area (Å²) in [5, 5.41) is 19.0. The van der Waals surface area contributed by atoms with Crippen molar-refractivity contribution in [1.82, 2.24) is 15.4 Å². The zero-order valence-corrected chi connectivity index (χ0v) is 17.1. The number of piperazine rings is 1. The summed E-state index contributed by atoms with van der Waals surface area (Å²) in [6, 6.07) is 1.94. The fraction of sp³-hybridized carbons (Fsp3) is 0.632. The summed E-state index contributed by atoms with van der Waals surface area (Å²) < 4.78 is 38.1. The number of aromatic nitrogens is 1. The van der Waals surface area contributed by atoms with Crippen molar-refractivity contribution in [2.75, 3.05) is 24.5 Å². The van der Waals surface area contributed by atoms with Crippen LogP contribution in [0.2, 0.25) is 0 Å². The Balaban J connectivity index is 2.11. The number of hydrogen-bond donors (Lipinski definition) is 3. The van der Waals surface area contributed by atoms with Crippen LogP contribution in [0.15, 0.2) is 18.3 Å². The van der Waals surface area contributed by atoms with Gasteiger partial charge in [-0.05, 0) is 31.4 Å². The molecule has 0 aliphatic carbocycles. The number of amides is 2. The van der Waals surface area contributed by atoms with Gasteiger partial charge in [-0.15, -0.1) is 0 Å². The van der Waals surface area contributed by atoms with Crippen molar-refractivity contribution in [3.05, 3.63) is 23.9 Å². The molecule has 1 aliphatic heterocycles. The predicted octanol–water partition coefficient (Wildman–Crippen LogP) is 1.67. The van der Waals surface area contributed by atoms with Crippen molar-refractivity contribution in [3.63, 3.8) is 0 Å². The van der Waals surface area contributed by atoms with Gasteiger partial charge in [0.15, 0.2) is 0 Å². The molecule has 1 aromatic rings. The maximum absolute atomic E-state index is 13.0. The Morgan fingerprint density at radius 2 is 1.97 bits per heavy atom. The minimum absolute atomic E-state index is 0.0213. The molecule has 30 heavy (non-hydrogen) atoms. The highest BCUT2D eigenvalue weighted by atomic mass is 19.4. The molecule has 0 aromatic carbocycles. The molecule has 2 rings (SSSR count). The van der Waals surface area contributed by atoms with E-state index in [1.165, 1.54) is 11.5 Å². The Kier molecular flexibility index (Phi) is 7.64. The number of halogens is 3. The van der Waals surface area contributed by atoms with Crippen LogP contribution >= 0.6 is 0 Å². The van der Waals surface area contributed by atoms with Crippen LogP contribution in [0.5, 0.6) is 0 Å². The first-order valence-corrected chi connectivity index (χ1v) is 9.66. The maximum Gasteiger partial charge on any atom is 0.417 e. The summed E-state index contributed by atoms with van der Waals surface area (Å²) in [5.41, 5.74) is 0.542. The van der Waals surface area contributed by atoms with Crippen LogP contribution in [-0.4, -0.2) is 63.8 Å². The number of nitrogens with zero attached hydrogens (tertiary/aromatic N) is 3. The lowest BCUT2D eigenvalue weighted by Gasteiger charge is -2.42. The highest BCUT2D eigenvalue weighted by Gasteiger charge is 2.38. The number of rotatable bonds is 6. The van der Waals surface area contributed by atoms with Crippen LogP contribution in [0.4, 0.5) is 19.0 Å². The Morgan fingerprint density at radius 1 is 1.30 bits per heavy atom. The minimum atomic E-state index is -4.46. The van der Waals surface area contributed by atoms with E-state index >= 15 is 0 Å². The van der Waals surface area contributed by atoms with Gasteiger partial charge in [0, 0.05) is 31.9 Å². The topological polar surface area (TPSA) is 106 Å². The second kappa shape index (κ2) is 9.61. The molecule has 0 spiro atoms. The van der Waals surface area contributed by atoms with Crippen LogP contribution in [0, 0.1) is 11.8 Å². The fourth-order valence-corrected chi connectivity index (χ4v) is 3.57. The number of anilines is 1. The number of nitrogens with one attached hydrogen (secondary N) is 1. The summed E-state index contributed by atoms with van der Waals surface area (Å²) in [7, 11) is 0. The van der Waals surface area contributed by atoms with E-state index in [1.54, 1.807) is 16.7 Å². The molecule has 3 atom stereocenters. The molecule has 1 fully saturated rings. The lowest BCUT2D eigenvalue weighted by Crippen LogP contribution is -2.57. The molecule has 2 amide bonds. The van der Waals surface area contributed by atoms with E-state index in [0.29, 0.717) is 18.9 Å². The van der Waals surface area contributed by atoms with Crippen molar-refractivity contribution in [1.29, 1.82) is 0 Å². The quantitative estimate of drug-likeness (QED) is 0.467. The van der Waals surface area contributed by atoms with Crippen molar-refractivity contribution >= 4 is 17.6 Å². The fourth-order valence-electron chi connectivity index (χ4n) is 3.57. The third-order valence-corrected chi connectivity index (χ3v) is 5.11. The molecular weight excluding hydrogens is 405 g/mol. The largest absolute Gasteiger partial charge is 0.417 e. The molecule has 3 N–H and O–H groups in total. The predicted molar refractivity (Wildman–Crippen MR) is 102 cm³/mol. The van der Waals surface area contributed by atoms with Gasteiger partial charge >= 0.3 is 6.18 Å². The van der Waals surface area contributed by atoms with Gasteiger partial charge in [0.1, 0.15) is 11.9 Å². The first-order chi connectivity index (χ1) is 14.0. The summed E-state index contributed by atoms with van der Waals surface area (Å²) >= 11 is 0. The second-order valence-corrected chi connectivity index (χ2v) is 7.89. The smallest absolute Gasteiger partial charge is 0.382 e. The maximum atomic E-state index is 13.0. The van der Waals surface area contributed by atoms with E-state index in [2.05, 4.69) is 4.98 Å². The average molecular weight is 432 g/mol. The SMILES string of the molecule is CC(C)CC(C(=O)N1CCN(c2ccc(C(F)(F)F)cn2)C[C@H]1C)C(O)C(=O)NO. The van der Waals surface area contributed by atoms with Gasteiger partial charge in [0.25, 0.3) is 5.91 Å². The van der Waals surface area contributed by atoms with Crippen molar-refractivity contribution in [3.8, 4) is 0 Å². The zero-order chi connectivity index (χ0) is 22.6. The van der Waals surface area contributed by atoms with Gasteiger partial charge in [-0.2, -0.15) is 13.2 Å². The van der Waals surface area contributed by atoms with Crippen LogP contribution in [0.3, 0.4) is 0 Å². The molecule has 11 heteroatoms. The van der Waals surface area contributed by atoms with E-state index < -0.39 is 35.6 Å². The highest BCUT2D eigenvalue weighted by Crippen LogP contribution is 2.30. The van der Waals surface area contributed by atoms with Gasteiger partial charge in [-0.1, -0.05) is 13.8 Å². The van der Waals surface area contributed by atoms with Crippen LogP contribution in [0.25, 0.3) is 0 Å². The number of alkyl halides is 3. The molecule has 1 aliphatic rings. The highest BCUT2D eigenvalue weighted by molar-refractivity contribution is 5.89. The lowest BCUT2D eigenvalue weighted by molar-refractivity contribution is -0.152. The molecule has 2 heterocycles. The number of aliphatic hydroxyl groups is 1. The number of carbonyl (C=O) groups is 2. The third kappa shape index (κ3) is 5.60. The number of aliphatic hydroxyl groups excluding tert-OH is 1. The Hall–Kier alpha value is -2.40. The second-order valence-electron chi connectivity index (χ2n) is 7.89. The van der Waals surface area contributed by atoms with E-state index in [4.69, 9.17) is 5.21 Å². The monoisotopic (exact) mass is 432 g/mol. The number of carbonyl (C=O) groups excluding carboxylic acids is 2. The lowest BCUT2D eigenvalue weighted by atomic mass is 9.89. The number of hydroxylamine groups is 1. The Labute approximate surface area is 172 Å². The van der Waals surface area contributed by atoms with Gasteiger partial charge in [0.05, 0.1) is 11.5 Å². The molecule has 2 unspecified atom stereocenters. The van der Waals surface area contributed by atoms with Gasteiger partial charge in [-0.25, -0.2) is 10.5 Å². The van der Waals surface area contributed by atoms with E-state index in [1.807, 2.05) is 13.8 Å². The van der Waals surface area contributed by atoms with E-state index in [9.17, 15) is 27.9 Å². The van der Waals surface area contributed by atoms with Crippen LogP contribution in [0.1, 0.15) is 32.8 Å². The van der Waals surface area contributed by atoms with Crippen LogP contribution < -0.4 is 10.4 Å². The van der Waals surface area contributed by atoms with Crippen molar-refractivity contribution < 1.29 is 33.1 Å². The van der Waals surface area contributed by atoms with E-state index in [0.717, 1.165) is 12.3 Å². The van der Waals surface area contributed by atoms with Crippen molar-refractivity contribution in [2.24, 2.45) is 11.8 Å². The standard InChI is InChI=1S/C19H27F3N4O4/c1-11(2)8-14(16(27)17(28)24-30)18(29)26-7-6-25(10-12(26)3)15-5-4-13(9-23-15)19(20,21)22/h4-5,9,11-12,14,16,27,30H,6-8,10H2,1-3H3,(H,24,28)/t12-,14?,16?/m1/s1. The summed E-state index contributed by atoms with van der Waals surface area (Å²) in [5.74, 6) is -2.08. The molecule has 0 saturated carbocycles. The van der Waals surface area contributed by atoms with Gasteiger partial charge < -0.3 is 14.9 Å². The molecular formula is C19H27F3N4O4. The molecule has 8 nitrogen and oxygen atoms in total. The van der Waals surface area contributed by atoms with Gasteiger partial charge in [-0.3, -0.25) is 14.8 Å². The summed E-state index contributed by atoms with van der Waals surface area (Å²) in [6.45, 7) is 6.40. The Morgan fingerprint density at radius 3 is 2.43 bits per heavy atom. The van der Waals surface area contributed by atoms with Gasteiger partial charge in [0.2, 0.25) is 5.91 Å². The zero-order valence-electron chi connectivity index (χ0n) is 17.1. The Bertz CT molecular complexity index is 742. The van der Waals surface area contributed by atoms with Crippen LogP contribution in [-0.2, 0) is 15.8 Å². The summed E-state index contributed by atoms with van der Waals surface area (Å²) in [6.07, 6.45) is -5.12. The van der Waals surface area contributed by atoms with Crippen molar-refractivity contribution in [2.45, 2.75) is 45.5 Å². The molecule has 0 bridgehead atoms. The normalized spacial score (nSPS) is 19.6. The molecule has 0 radical (unpaired) electrons. The molecule has 1 saturated heterocycles. The first-order valence-electron chi connectivity index (χ1n) is 9.66. The first kappa shape index (κ1) is 23.9.